The second-order valence-corrected chi connectivity index (χ2v) is 8.34. The van der Waals surface area contributed by atoms with Gasteiger partial charge in [0.15, 0.2) is 0 Å². The number of nitrogens with zero attached hydrogens (tertiary/aromatic N) is 4. The molecule has 4 rings (SSSR count). The number of hydrogen-bond acceptors (Lipinski definition) is 5. The van der Waals surface area contributed by atoms with Crippen molar-refractivity contribution >= 4 is 17.2 Å². The van der Waals surface area contributed by atoms with Gasteiger partial charge in [-0.1, -0.05) is 0 Å². The molecule has 1 aliphatic rings. The van der Waals surface area contributed by atoms with Crippen LogP contribution in [0.2, 0.25) is 0 Å². The lowest BCUT2D eigenvalue weighted by atomic mass is 9.93. The van der Waals surface area contributed by atoms with E-state index in [1.165, 1.54) is 0 Å². The molecular formula is C21H25N5O2S. The Labute approximate surface area is 173 Å². The third-order valence-electron chi connectivity index (χ3n) is 5.52. The Hall–Kier alpha value is -2.74. The first kappa shape index (κ1) is 19.6. The Morgan fingerprint density at radius 1 is 1.31 bits per heavy atom. The van der Waals surface area contributed by atoms with Crippen molar-refractivity contribution < 1.29 is 4.79 Å². The molecule has 0 aliphatic carbocycles. The standard InChI is InChI=1S/C21H25N5O2S/c1-15-2-7-22-26(15)10-5-21(28)25-8-3-16(4-9-25)12-19-23-18(13-20(27)24-19)17-6-11-29-14-17/h2,6-7,11,13-14,16H,3-5,8-10,12H2,1H3,(H,23,24,27). The summed E-state index contributed by atoms with van der Waals surface area (Å²) in [6.07, 6.45) is 4.83. The highest BCUT2D eigenvalue weighted by atomic mass is 32.1. The molecule has 1 N–H and O–H groups in total. The summed E-state index contributed by atoms with van der Waals surface area (Å²) in [5, 5.41) is 8.22. The van der Waals surface area contributed by atoms with Crippen LogP contribution in [0.25, 0.3) is 11.3 Å². The SMILES string of the molecule is Cc1ccnn1CCC(=O)N1CCC(Cc2nc(-c3ccsc3)cc(=O)[nH]2)CC1. The predicted molar refractivity (Wildman–Crippen MR) is 113 cm³/mol. The van der Waals surface area contributed by atoms with Crippen molar-refractivity contribution in [2.45, 2.75) is 39.2 Å². The van der Waals surface area contributed by atoms with Gasteiger partial charge in [-0.2, -0.15) is 16.4 Å². The molecule has 4 heterocycles. The van der Waals surface area contributed by atoms with Gasteiger partial charge in [-0.15, -0.1) is 0 Å². The van der Waals surface area contributed by atoms with Gasteiger partial charge < -0.3 is 9.88 Å². The molecule has 1 aliphatic heterocycles. The molecule has 29 heavy (non-hydrogen) atoms. The molecule has 0 aromatic carbocycles. The Morgan fingerprint density at radius 3 is 2.83 bits per heavy atom. The molecule has 3 aromatic heterocycles. The Kier molecular flexibility index (Phi) is 5.89. The number of carbonyl (C=O) groups excluding carboxylic acids is 1. The molecule has 3 aromatic rings. The van der Waals surface area contributed by atoms with Crippen molar-refractivity contribution in [1.29, 1.82) is 0 Å². The van der Waals surface area contributed by atoms with Gasteiger partial charge in [-0.05, 0) is 43.2 Å². The first-order chi connectivity index (χ1) is 14.1. The molecule has 0 bridgehead atoms. The number of amides is 1. The van der Waals surface area contributed by atoms with Gasteiger partial charge in [0, 0.05) is 61.4 Å². The minimum Gasteiger partial charge on any atom is -0.343 e. The summed E-state index contributed by atoms with van der Waals surface area (Å²) < 4.78 is 1.87. The summed E-state index contributed by atoms with van der Waals surface area (Å²) in [6.45, 7) is 4.14. The summed E-state index contributed by atoms with van der Waals surface area (Å²) in [7, 11) is 0. The molecule has 1 saturated heterocycles. The maximum absolute atomic E-state index is 12.5. The zero-order chi connectivity index (χ0) is 20.2. The number of carbonyl (C=O) groups is 1. The normalized spacial score (nSPS) is 15.0. The Bertz CT molecular complexity index is 1020. The van der Waals surface area contributed by atoms with Crippen molar-refractivity contribution in [3.05, 3.63) is 57.0 Å². The monoisotopic (exact) mass is 411 g/mol. The number of aromatic amines is 1. The van der Waals surface area contributed by atoms with E-state index in [1.807, 2.05) is 39.4 Å². The molecule has 0 radical (unpaired) electrons. The van der Waals surface area contributed by atoms with E-state index in [2.05, 4.69) is 15.1 Å². The molecule has 0 spiro atoms. The lowest BCUT2D eigenvalue weighted by Crippen LogP contribution is -2.39. The van der Waals surface area contributed by atoms with Crippen molar-refractivity contribution in [1.82, 2.24) is 24.6 Å². The average molecular weight is 412 g/mol. The number of aryl methyl sites for hydroxylation is 2. The highest BCUT2D eigenvalue weighted by molar-refractivity contribution is 7.08. The van der Waals surface area contributed by atoms with E-state index in [9.17, 15) is 9.59 Å². The molecule has 8 heteroatoms. The number of H-pyrrole nitrogens is 1. The van der Waals surface area contributed by atoms with E-state index >= 15 is 0 Å². The largest absolute Gasteiger partial charge is 0.343 e. The van der Waals surface area contributed by atoms with Crippen molar-refractivity contribution in [3.63, 3.8) is 0 Å². The van der Waals surface area contributed by atoms with E-state index in [1.54, 1.807) is 23.6 Å². The minimum atomic E-state index is -0.113. The van der Waals surface area contributed by atoms with Gasteiger partial charge in [0.2, 0.25) is 5.91 Å². The van der Waals surface area contributed by atoms with Crippen LogP contribution in [0, 0.1) is 12.8 Å². The third-order valence-corrected chi connectivity index (χ3v) is 6.21. The van der Waals surface area contributed by atoms with Gasteiger partial charge in [-0.25, -0.2) is 4.98 Å². The van der Waals surface area contributed by atoms with Crippen LogP contribution in [-0.4, -0.2) is 43.6 Å². The van der Waals surface area contributed by atoms with Gasteiger partial charge in [-0.3, -0.25) is 14.3 Å². The van der Waals surface area contributed by atoms with E-state index < -0.39 is 0 Å². The second kappa shape index (κ2) is 8.73. The molecule has 0 unspecified atom stereocenters. The molecule has 1 amide bonds. The lowest BCUT2D eigenvalue weighted by Gasteiger charge is -2.32. The van der Waals surface area contributed by atoms with Crippen LogP contribution in [0.3, 0.4) is 0 Å². The Morgan fingerprint density at radius 2 is 2.14 bits per heavy atom. The quantitative estimate of drug-likeness (QED) is 0.676. The van der Waals surface area contributed by atoms with Crippen LogP contribution in [0.15, 0.2) is 40.0 Å². The molecule has 0 atom stereocenters. The summed E-state index contributed by atoms with van der Waals surface area (Å²) in [5.74, 6) is 1.34. The van der Waals surface area contributed by atoms with Crippen LogP contribution in [0.1, 0.15) is 30.8 Å². The van der Waals surface area contributed by atoms with Gasteiger partial charge >= 0.3 is 0 Å². The molecule has 152 valence electrons. The highest BCUT2D eigenvalue weighted by Crippen LogP contribution is 2.23. The van der Waals surface area contributed by atoms with Crippen LogP contribution < -0.4 is 5.56 Å². The fourth-order valence-corrected chi connectivity index (χ4v) is 4.46. The van der Waals surface area contributed by atoms with Crippen molar-refractivity contribution in [3.8, 4) is 11.3 Å². The number of aromatic nitrogens is 4. The number of hydrogen-bond donors (Lipinski definition) is 1. The summed E-state index contributed by atoms with van der Waals surface area (Å²) in [4.78, 5) is 34.0. The fourth-order valence-electron chi connectivity index (χ4n) is 3.82. The Balaban J connectivity index is 1.30. The van der Waals surface area contributed by atoms with Gasteiger partial charge in [0.1, 0.15) is 5.82 Å². The zero-order valence-corrected chi connectivity index (χ0v) is 17.3. The summed E-state index contributed by atoms with van der Waals surface area (Å²) in [6, 6.07) is 5.47. The number of rotatable bonds is 6. The number of piperidine rings is 1. The first-order valence-electron chi connectivity index (χ1n) is 9.97. The molecular weight excluding hydrogens is 386 g/mol. The van der Waals surface area contributed by atoms with Gasteiger partial charge in [0.05, 0.1) is 5.69 Å². The lowest BCUT2D eigenvalue weighted by molar-refractivity contribution is -0.132. The molecule has 7 nitrogen and oxygen atoms in total. The van der Waals surface area contributed by atoms with Crippen LogP contribution >= 0.6 is 11.3 Å². The van der Waals surface area contributed by atoms with Crippen molar-refractivity contribution in [2.75, 3.05) is 13.1 Å². The third kappa shape index (κ3) is 4.82. The van der Waals surface area contributed by atoms with Crippen molar-refractivity contribution in [2.24, 2.45) is 5.92 Å². The van der Waals surface area contributed by atoms with E-state index in [4.69, 9.17) is 0 Å². The second-order valence-electron chi connectivity index (χ2n) is 7.56. The van der Waals surface area contributed by atoms with E-state index in [-0.39, 0.29) is 11.5 Å². The smallest absolute Gasteiger partial charge is 0.251 e. The predicted octanol–water partition coefficient (Wildman–Crippen LogP) is 2.87. The van der Waals surface area contributed by atoms with Gasteiger partial charge in [0.25, 0.3) is 5.56 Å². The maximum atomic E-state index is 12.5. The van der Waals surface area contributed by atoms with Crippen LogP contribution in [0.5, 0.6) is 0 Å². The summed E-state index contributed by atoms with van der Waals surface area (Å²) >= 11 is 1.59. The van der Waals surface area contributed by atoms with E-state index in [0.29, 0.717) is 18.9 Å². The topological polar surface area (TPSA) is 83.9 Å². The van der Waals surface area contributed by atoms with Crippen LogP contribution in [-0.2, 0) is 17.8 Å². The average Bonchev–Trinajstić information content (AvgIpc) is 3.38. The summed E-state index contributed by atoms with van der Waals surface area (Å²) in [5.41, 5.74) is 2.67. The minimum absolute atomic E-state index is 0.113. The molecule has 1 fully saturated rings. The fraction of sp³-hybridized carbons (Fsp3) is 0.429. The highest BCUT2D eigenvalue weighted by Gasteiger charge is 2.23. The maximum Gasteiger partial charge on any atom is 0.251 e. The van der Waals surface area contributed by atoms with E-state index in [0.717, 1.165) is 55.1 Å². The number of nitrogens with one attached hydrogen (secondary N) is 1. The number of likely N-dealkylation sites (tertiary alicyclic amines) is 1. The molecule has 0 saturated carbocycles. The van der Waals surface area contributed by atoms with Crippen LogP contribution in [0.4, 0.5) is 0 Å². The number of thiophene rings is 1. The zero-order valence-electron chi connectivity index (χ0n) is 16.5. The first-order valence-corrected chi connectivity index (χ1v) is 10.9.